The molecule has 1 unspecified atom stereocenters. The van der Waals surface area contributed by atoms with Crippen LogP contribution in [0.3, 0.4) is 0 Å². The molecule has 0 bridgehead atoms. The number of nitrogens with zero attached hydrogens (tertiary/aromatic N) is 1. The van der Waals surface area contributed by atoms with Gasteiger partial charge in [-0.05, 0) is 63.1 Å². The van der Waals surface area contributed by atoms with E-state index in [4.69, 9.17) is 5.11 Å². The molecule has 3 rings (SSSR count). The summed E-state index contributed by atoms with van der Waals surface area (Å²) in [6.45, 7) is 2.36. The number of rotatable bonds is 7. The van der Waals surface area contributed by atoms with Crippen molar-refractivity contribution >= 4 is 21.9 Å². The third kappa shape index (κ3) is 4.87. The van der Waals surface area contributed by atoms with E-state index in [9.17, 15) is 18.0 Å². The Morgan fingerprint density at radius 1 is 1.22 bits per heavy atom. The molecule has 0 spiro atoms. The molecule has 148 valence electrons. The average molecular weight is 394 g/mol. The SMILES string of the molecule is Cc1ccc(S(=O)(=O)NC2CC2)cc1C(=O)N1CCCCC1CCC(=O)O. The zero-order valence-corrected chi connectivity index (χ0v) is 16.3. The van der Waals surface area contributed by atoms with Crippen molar-refractivity contribution in [2.45, 2.75) is 68.8 Å². The third-order valence-corrected chi connectivity index (χ3v) is 6.75. The van der Waals surface area contributed by atoms with Crippen LogP contribution in [0.25, 0.3) is 0 Å². The summed E-state index contributed by atoms with van der Waals surface area (Å²) >= 11 is 0. The summed E-state index contributed by atoms with van der Waals surface area (Å²) in [5, 5.41) is 8.96. The van der Waals surface area contributed by atoms with Gasteiger partial charge in [0.25, 0.3) is 5.91 Å². The van der Waals surface area contributed by atoms with Gasteiger partial charge in [0.15, 0.2) is 0 Å². The molecule has 8 heteroatoms. The van der Waals surface area contributed by atoms with Gasteiger partial charge >= 0.3 is 5.97 Å². The number of nitrogens with one attached hydrogen (secondary N) is 1. The molecule has 1 aliphatic carbocycles. The van der Waals surface area contributed by atoms with Crippen LogP contribution in [-0.2, 0) is 14.8 Å². The summed E-state index contributed by atoms with van der Waals surface area (Å²) < 4.78 is 27.6. The van der Waals surface area contributed by atoms with Crippen molar-refractivity contribution in [1.82, 2.24) is 9.62 Å². The number of likely N-dealkylation sites (tertiary alicyclic amines) is 1. The van der Waals surface area contributed by atoms with Gasteiger partial charge in [0.1, 0.15) is 0 Å². The Morgan fingerprint density at radius 3 is 2.63 bits per heavy atom. The van der Waals surface area contributed by atoms with Crippen molar-refractivity contribution in [3.63, 3.8) is 0 Å². The van der Waals surface area contributed by atoms with Crippen molar-refractivity contribution in [2.75, 3.05) is 6.54 Å². The fraction of sp³-hybridized carbons (Fsp3) is 0.579. The Labute approximate surface area is 159 Å². The maximum absolute atomic E-state index is 13.2. The molecule has 1 atom stereocenters. The molecule has 7 nitrogen and oxygen atoms in total. The smallest absolute Gasteiger partial charge is 0.303 e. The lowest BCUT2D eigenvalue weighted by molar-refractivity contribution is -0.137. The van der Waals surface area contributed by atoms with Crippen LogP contribution < -0.4 is 4.72 Å². The Morgan fingerprint density at radius 2 is 1.96 bits per heavy atom. The number of carboxylic acids is 1. The molecule has 1 saturated heterocycles. The maximum atomic E-state index is 13.2. The number of carboxylic acid groups (broad SMARTS) is 1. The van der Waals surface area contributed by atoms with Crippen molar-refractivity contribution in [1.29, 1.82) is 0 Å². The van der Waals surface area contributed by atoms with E-state index < -0.39 is 16.0 Å². The van der Waals surface area contributed by atoms with E-state index in [-0.39, 0.29) is 29.3 Å². The number of carbonyl (C=O) groups excluding carboxylic acids is 1. The van der Waals surface area contributed by atoms with Crippen LogP contribution in [0.15, 0.2) is 23.1 Å². The van der Waals surface area contributed by atoms with Crippen molar-refractivity contribution < 1.29 is 23.1 Å². The van der Waals surface area contributed by atoms with E-state index in [1.807, 2.05) is 0 Å². The Hall–Kier alpha value is -1.93. The molecule has 2 N–H and O–H groups in total. The molecule has 1 heterocycles. The van der Waals surface area contributed by atoms with Crippen molar-refractivity contribution in [3.05, 3.63) is 29.3 Å². The number of aryl methyl sites for hydroxylation is 1. The average Bonchev–Trinajstić information content (AvgIpc) is 3.43. The van der Waals surface area contributed by atoms with Gasteiger partial charge < -0.3 is 10.0 Å². The predicted molar refractivity (Wildman–Crippen MR) is 100 cm³/mol. The molecule has 0 aromatic heterocycles. The van der Waals surface area contributed by atoms with Gasteiger partial charge in [0.2, 0.25) is 10.0 Å². The first-order valence-corrected chi connectivity index (χ1v) is 10.9. The summed E-state index contributed by atoms with van der Waals surface area (Å²) in [5.74, 6) is -1.09. The quantitative estimate of drug-likeness (QED) is 0.738. The lowest BCUT2D eigenvalue weighted by atomic mass is 9.96. The number of piperidine rings is 1. The standard InChI is InChI=1S/C19H26N2O5S/c1-13-5-9-16(27(25,26)20-14-6-7-14)12-17(13)19(24)21-11-3-2-4-15(21)8-10-18(22)23/h5,9,12,14-15,20H,2-4,6-8,10-11H2,1H3,(H,22,23). The lowest BCUT2D eigenvalue weighted by Crippen LogP contribution is -2.44. The first-order chi connectivity index (χ1) is 12.8. The molecule has 1 amide bonds. The molecular weight excluding hydrogens is 368 g/mol. The largest absolute Gasteiger partial charge is 0.481 e. The van der Waals surface area contributed by atoms with Gasteiger partial charge in [-0.1, -0.05) is 6.07 Å². The van der Waals surface area contributed by atoms with Crippen molar-refractivity contribution in [2.24, 2.45) is 0 Å². The number of amides is 1. The second-order valence-electron chi connectivity index (χ2n) is 7.45. The van der Waals surface area contributed by atoms with E-state index in [1.165, 1.54) is 12.1 Å². The first-order valence-electron chi connectivity index (χ1n) is 9.43. The molecule has 1 aliphatic heterocycles. The van der Waals surface area contributed by atoms with E-state index in [0.29, 0.717) is 24.1 Å². The summed E-state index contributed by atoms with van der Waals surface area (Å²) in [4.78, 5) is 25.9. The van der Waals surface area contributed by atoms with E-state index in [0.717, 1.165) is 32.1 Å². The van der Waals surface area contributed by atoms with Gasteiger partial charge in [-0.2, -0.15) is 0 Å². The molecule has 1 aromatic carbocycles. The number of aliphatic carboxylic acids is 1. The summed E-state index contributed by atoms with van der Waals surface area (Å²) in [6.07, 6.45) is 4.74. The minimum Gasteiger partial charge on any atom is -0.481 e. The molecule has 27 heavy (non-hydrogen) atoms. The van der Waals surface area contributed by atoms with Crippen LogP contribution in [0.5, 0.6) is 0 Å². The highest BCUT2D eigenvalue weighted by molar-refractivity contribution is 7.89. The molecule has 0 radical (unpaired) electrons. The number of hydrogen-bond acceptors (Lipinski definition) is 4. The van der Waals surface area contributed by atoms with Crippen LogP contribution >= 0.6 is 0 Å². The second kappa shape index (κ2) is 7.98. The zero-order chi connectivity index (χ0) is 19.6. The minimum absolute atomic E-state index is 0.00190. The maximum Gasteiger partial charge on any atom is 0.303 e. The van der Waals surface area contributed by atoms with Crippen LogP contribution in [0.1, 0.15) is 60.9 Å². The van der Waals surface area contributed by atoms with E-state index in [2.05, 4.69) is 4.72 Å². The third-order valence-electron chi connectivity index (χ3n) is 5.23. The van der Waals surface area contributed by atoms with Crippen LogP contribution in [-0.4, -0.2) is 48.9 Å². The van der Waals surface area contributed by atoms with Gasteiger partial charge in [-0.3, -0.25) is 9.59 Å². The minimum atomic E-state index is -3.63. The number of hydrogen-bond donors (Lipinski definition) is 2. The van der Waals surface area contributed by atoms with Gasteiger partial charge in [-0.25, -0.2) is 13.1 Å². The molecule has 2 fully saturated rings. The normalized spacial score (nSPS) is 20.5. The molecule has 2 aliphatic rings. The van der Waals surface area contributed by atoms with Gasteiger partial charge in [-0.15, -0.1) is 0 Å². The second-order valence-corrected chi connectivity index (χ2v) is 9.17. The fourth-order valence-electron chi connectivity index (χ4n) is 3.50. The molecule has 1 saturated carbocycles. The van der Waals surface area contributed by atoms with E-state index >= 15 is 0 Å². The Bertz CT molecular complexity index is 833. The van der Waals surface area contributed by atoms with Gasteiger partial charge in [0, 0.05) is 30.6 Å². The summed E-state index contributed by atoms with van der Waals surface area (Å²) in [5.41, 5.74) is 1.09. The monoisotopic (exact) mass is 394 g/mol. The zero-order valence-electron chi connectivity index (χ0n) is 15.5. The Balaban J connectivity index is 1.83. The van der Waals surface area contributed by atoms with Crippen LogP contribution in [0.4, 0.5) is 0 Å². The first kappa shape index (κ1) is 19.8. The topological polar surface area (TPSA) is 104 Å². The summed E-state index contributed by atoms with van der Waals surface area (Å²) in [6, 6.07) is 4.51. The number of sulfonamides is 1. The summed E-state index contributed by atoms with van der Waals surface area (Å²) in [7, 11) is -3.63. The number of benzene rings is 1. The fourth-order valence-corrected chi connectivity index (χ4v) is 4.83. The predicted octanol–water partition coefficient (Wildman–Crippen LogP) is 2.30. The Kier molecular flexibility index (Phi) is 5.86. The lowest BCUT2D eigenvalue weighted by Gasteiger charge is -2.36. The number of carbonyl (C=O) groups is 2. The van der Waals surface area contributed by atoms with Crippen LogP contribution in [0.2, 0.25) is 0 Å². The van der Waals surface area contributed by atoms with Gasteiger partial charge in [0.05, 0.1) is 4.90 Å². The molecular formula is C19H26N2O5S. The highest BCUT2D eigenvalue weighted by Crippen LogP contribution is 2.26. The van der Waals surface area contributed by atoms with E-state index in [1.54, 1.807) is 17.9 Å². The van der Waals surface area contributed by atoms with Crippen LogP contribution in [0, 0.1) is 6.92 Å². The highest BCUT2D eigenvalue weighted by atomic mass is 32.2. The highest BCUT2D eigenvalue weighted by Gasteiger charge is 2.31. The van der Waals surface area contributed by atoms with Crippen molar-refractivity contribution in [3.8, 4) is 0 Å². The molecule has 1 aromatic rings.